The molecule has 174 valence electrons. The number of nitroso groups, excluding NO2 is 1. The second-order valence-corrected chi connectivity index (χ2v) is 8.67. The molecule has 0 aliphatic heterocycles. The quantitative estimate of drug-likeness (QED) is 0.245. The van der Waals surface area contributed by atoms with Crippen molar-refractivity contribution in [3.8, 4) is 5.75 Å². The Kier molecular flexibility index (Phi) is 4.95. The number of carbonyl (C=O) groups excluding carboxylic acids is 3. The van der Waals surface area contributed by atoms with Crippen LogP contribution < -0.4 is 0 Å². The van der Waals surface area contributed by atoms with Gasteiger partial charge < -0.3 is 25.5 Å². The first-order valence-electron chi connectivity index (χ1n) is 10.2. The average Bonchev–Trinajstić information content (AvgIpc) is 2.75. The summed E-state index contributed by atoms with van der Waals surface area (Å²) >= 11 is 0. The fraction of sp³-hybridized carbons (Fsp3) is 0.409. The molecule has 1 aromatic rings. The molecule has 5 N–H and O–H groups in total. The molecule has 0 spiro atoms. The minimum Gasteiger partial charge on any atom is -0.508 e. The second-order valence-electron chi connectivity index (χ2n) is 8.67. The fourth-order valence-corrected chi connectivity index (χ4v) is 5.58. The van der Waals surface area contributed by atoms with Gasteiger partial charge in [0.1, 0.15) is 28.9 Å². The summed E-state index contributed by atoms with van der Waals surface area (Å²) in [5.41, 5.74) is -4.04. The standard InChI is InChI=1S/C22H22N2O9/c1-7-9-5-4-6-10(26)13(9)17(27)14-11(7)18(28)15-16(24(3)23-33)19(29)12(8(2)25)20(30)22(15,32)21(14)31/h4-7,11,15-16,18,26-28,30,32H,1-3H3/t7-,11+,15+,16-,18-,22+/m0/s1. The van der Waals surface area contributed by atoms with Crippen LogP contribution in [0.25, 0.3) is 5.76 Å². The van der Waals surface area contributed by atoms with Crippen LogP contribution in [0, 0.1) is 16.7 Å². The molecule has 0 bridgehead atoms. The summed E-state index contributed by atoms with van der Waals surface area (Å²) in [7, 11) is 1.08. The molecule has 0 aromatic heterocycles. The summed E-state index contributed by atoms with van der Waals surface area (Å²) in [6, 6.07) is 2.64. The Hall–Kier alpha value is -3.57. The molecule has 1 saturated carbocycles. The zero-order chi connectivity index (χ0) is 24.6. The van der Waals surface area contributed by atoms with Crippen LogP contribution in [0.15, 0.2) is 40.4 Å². The highest BCUT2D eigenvalue weighted by atomic mass is 16.4. The Balaban J connectivity index is 2.07. The average molecular weight is 458 g/mol. The monoisotopic (exact) mass is 458 g/mol. The highest BCUT2D eigenvalue weighted by Crippen LogP contribution is 2.56. The van der Waals surface area contributed by atoms with E-state index in [0.29, 0.717) is 10.6 Å². The van der Waals surface area contributed by atoms with E-state index in [-0.39, 0.29) is 11.3 Å². The minimum absolute atomic E-state index is 0.0655. The van der Waals surface area contributed by atoms with Crippen LogP contribution >= 0.6 is 0 Å². The number of aliphatic hydroxyl groups excluding tert-OH is 3. The molecule has 0 saturated heterocycles. The number of hydrogen-bond donors (Lipinski definition) is 5. The molecule has 0 amide bonds. The number of carbonyl (C=O) groups is 3. The van der Waals surface area contributed by atoms with Gasteiger partial charge >= 0.3 is 0 Å². The van der Waals surface area contributed by atoms with Crippen LogP contribution in [-0.2, 0) is 14.4 Å². The molecular weight excluding hydrogens is 436 g/mol. The van der Waals surface area contributed by atoms with E-state index < -0.39 is 75.5 Å². The lowest BCUT2D eigenvalue weighted by molar-refractivity contribution is -0.170. The zero-order valence-corrected chi connectivity index (χ0v) is 17.9. The molecule has 3 aliphatic carbocycles. The number of benzene rings is 1. The molecule has 0 heterocycles. The first kappa shape index (κ1) is 22.6. The first-order valence-corrected chi connectivity index (χ1v) is 10.2. The Morgan fingerprint density at radius 2 is 1.82 bits per heavy atom. The number of Topliss-reactive ketones (excluding diaryl/α,β-unsaturated/α-hetero) is 3. The maximum Gasteiger partial charge on any atom is 0.202 e. The summed E-state index contributed by atoms with van der Waals surface area (Å²) in [4.78, 5) is 50.2. The molecule has 11 nitrogen and oxygen atoms in total. The summed E-state index contributed by atoms with van der Waals surface area (Å²) in [6.07, 6.45) is -1.75. The van der Waals surface area contributed by atoms with Crippen molar-refractivity contribution >= 4 is 23.1 Å². The van der Waals surface area contributed by atoms with Gasteiger partial charge in [-0.1, -0.05) is 19.1 Å². The van der Waals surface area contributed by atoms with E-state index >= 15 is 0 Å². The van der Waals surface area contributed by atoms with Gasteiger partial charge in [0.15, 0.2) is 17.2 Å². The Morgan fingerprint density at radius 3 is 2.39 bits per heavy atom. The van der Waals surface area contributed by atoms with Crippen molar-refractivity contribution in [2.24, 2.45) is 17.1 Å². The predicted molar refractivity (Wildman–Crippen MR) is 112 cm³/mol. The maximum atomic E-state index is 13.7. The summed E-state index contributed by atoms with van der Waals surface area (Å²) < 4.78 is 0. The Morgan fingerprint density at radius 1 is 1.18 bits per heavy atom. The smallest absolute Gasteiger partial charge is 0.202 e. The molecule has 3 aliphatic rings. The zero-order valence-electron chi connectivity index (χ0n) is 17.9. The van der Waals surface area contributed by atoms with Crippen molar-refractivity contribution in [1.29, 1.82) is 0 Å². The normalized spacial score (nSPS) is 33.3. The Bertz CT molecular complexity index is 1190. The maximum absolute atomic E-state index is 13.7. The number of phenols is 1. The molecule has 1 aromatic carbocycles. The van der Waals surface area contributed by atoms with Gasteiger partial charge in [0, 0.05) is 18.5 Å². The highest BCUT2D eigenvalue weighted by Gasteiger charge is 2.68. The van der Waals surface area contributed by atoms with Gasteiger partial charge in [0.25, 0.3) is 0 Å². The molecule has 11 heteroatoms. The largest absolute Gasteiger partial charge is 0.508 e. The van der Waals surface area contributed by atoms with Gasteiger partial charge in [-0.3, -0.25) is 19.4 Å². The summed E-state index contributed by atoms with van der Waals surface area (Å²) in [6.45, 7) is 2.55. The molecule has 33 heavy (non-hydrogen) atoms. The van der Waals surface area contributed by atoms with E-state index in [9.17, 15) is 44.8 Å². The van der Waals surface area contributed by atoms with Gasteiger partial charge in [0.05, 0.1) is 22.9 Å². The third-order valence-corrected chi connectivity index (χ3v) is 7.07. The fourth-order valence-electron chi connectivity index (χ4n) is 5.58. The Labute approximate surface area is 187 Å². The molecule has 0 radical (unpaired) electrons. The third kappa shape index (κ3) is 2.66. The minimum atomic E-state index is -3.01. The number of rotatable bonds is 3. The van der Waals surface area contributed by atoms with E-state index in [1.165, 1.54) is 12.1 Å². The van der Waals surface area contributed by atoms with Crippen LogP contribution in [0.4, 0.5) is 0 Å². The number of hydrogen-bond acceptors (Lipinski definition) is 10. The number of nitrogens with zero attached hydrogens (tertiary/aromatic N) is 2. The number of phenolic OH excluding ortho intramolecular Hbond substituents is 1. The molecule has 0 unspecified atom stereocenters. The summed E-state index contributed by atoms with van der Waals surface area (Å²) in [5, 5.41) is 58.2. The van der Waals surface area contributed by atoms with Gasteiger partial charge in [-0.15, -0.1) is 4.91 Å². The second kappa shape index (κ2) is 7.22. The van der Waals surface area contributed by atoms with E-state index in [0.717, 1.165) is 14.0 Å². The van der Waals surface area contributed by atoms with E-state index in [1.807, 2.05) is 0 Å². The number of aliphatic hydroxyl groups is 4. The number of aromatic hydroxyl groups is 1. The van der Waals surface area contributed by atoms with Crippen LogP contribution in [0.2, 0.25) is 0 Å². The van der Waals surface area contributed by atoms with Gasteiger partial charge in [0.2, 0.25) is 5.78 Å². The predicted octanol–water partition coefficient (Wildman–Crippen LogP) is 0.651. The van der Waals surface area contributed by atoms with Crippen molar-refractivity contribution in [2.45, 2.75) is 37.5 Å². The van der Waals surface area contributed by atoms with E-state index in [4.69, 9.17) is 0 Å². The van der Waals surface area contributed by atoms with Crippen LogP contribution in [0.3, 0.4) is 0 Å². The van der Waals surface area contributed by atoms with Crippen molar-refractivity contribution in [3.63, 3.8) is 0 Å². The molecule has 1 fully saturated rings. The van der Waals surface area contributed by atoms with Crippen LogP contribution in [0.1, 0.15) is 30.9 Å². The number of fused-ring (bicyclic) bond motifs is 3. The number of likely N-dealkylation sites (N-methyl/N-ethyl adjacent to an activating group) is 1. The molecular formula is C22H22N2O9. The van der Waals surface area contributed by atoms with E-state index in [1.54, 1.807) is 13.0 Å². The molecule has 6 atom stereocenters. The highest BCUT2D eigenvalue weighted by molar-refractivity contribution is 6.25. The van der Waals surface area contributed by atoms with Crippen molar-refractivity contribution in [1.82, 2.24) is 5.01 Å². The van der Waals surface area contributed by atoms with Crippen molar-refractivity contribution in [3.05, 3.63) is 51.1 Å². The topological polar surface area (TPSA) is 185 Å². The van der Waals surface area contributed by atoms with Gasteiger partial charge in [-0.2, -0.15) is 0 Å². The van der Waals surface area contributed by atoms with Crippen molar-refractivity contribution < 1.29 is 39.9 Å². The first-order chi connectivity index (χ1) is 15.4. The lowest BCUT2D eigenvalue weighted by atomic mass is 9.54. The number of ketones is 3. The third-order valence-electron chi connectivity index (χ3n) is 7.07. The summed E-state index contributed by atoms with van der Waals surface area (Å²) in [5.74, 6) is -9.26. The molecule has 4 rings (SSSR count). The lowest BCUT2D eigenvalue weighted by Crippen LogP contribution is -2.70. The lowest BCUT2D eigenvalue weighted by Gasteiger charge is -2.53. The van der Waals surface area contributed by atoms with E-state index in [2.05, 4.69) is 5.29 Å². The van der Waals surface area contributed by atoms with Crippen LogP contribution in [-0.4, -0.2) is 72.7 Å². The van der Waals surface area contributed by atoms with Crippen molar-refractivity contribution in [2.75, 3.05) is 7.05 Å². The van der Waals surface area contributed by atoms with Gasteiger partial charge in [-0.05, 0) is 24.5 Å². The SMILES string of the molecule is CC(=O)C1=C(O)[C@@]2(O)C(=O)C3=C(O)c4c(O)cccc4[C@H](C)[C@H]3[C@H](O)[C@H]2[C@H](N(C)N=O)C1=O. The van der Waals surface area contributed by atoms with Crippen LogP contribution in [0.5, 0.6) is 5.75 Å². The van der Waals surface area contributed by atoms with Gasteiger partial charge in [-0.25, -0.2) is 0 Å².